The van der Waals surface area contributed by atoms with Crippen LogP contribution in [0.2, 0.25) is 0 Å². The molecule has 0 aromatic carbocycles. The van der Waals surface area contributed by atoms with E-state index in [4.69, 9.17) is 9.47 Å². The molecule has 5 atom stereocenters. The molecule has 0 saturated carbocycles. The van der Waals surface area contributed by atoms with E-state index in [1.165, 1.54) is 0 Å². The number of hydrogen-bond acceptors (Lipinski definition) is 6. The van der Waals surface area contributed by atoms with Crippen LogP contribution in [0.1, 0.15) is 19.8 Å². The van der Waals surface area contributed by atoms with Gasteiger partial charge >= 0.3 is 0 Å². The number of quaternary nitrogens is 2. The van der Waals surface area contributed by atoms with Gasteiger partial charge in [0.25, 0.3) is 5.17 Å². The van der Waals surface area contributed by atoms with Gasteiger partial charge in [-0.2, -0.15) is 0 Å². The Morgan fingerprint density at radius 2 is 2.05 bits per heavy atom. The second-order valence-electron chi connectivity index (χ2n) is 6.13. The van der Waals surface area contributed by atoms with E-state index in [2.05, 4.69) is 17.2 Å². The average molecular weight is 333 g/mol. The van der Waals surface area contributed by atoms with Crippen LogP contribution in [-0.4, -0.2) is 77.5 Å². The number of rotatable bonds is 4. The van der Waals surface area contributed by atoms with Crippen molar-refractivity contribution in [2.24, 2.45) is 4.99 Å². The highest BCUT2D eigenvalue weighted by Crippen LogP contribution is 2.34. The number of aliphatic hydroxyl groups is 2. The second-order valence-corrected chi connectivity index (χ2v) is 7.25. The molecule has 22 heavy (non-hydrogen) atoms. The summed E-state index contributed by atoms with van der Waals surface area (Å²) in [5.41, 5.74) is -0.177. The fourth-order valence-corrected chi connectivity index (χ4v) is 4.44. The van der Waals surface area contributed by atoms with E-state index >= 15 is 0 Å². The molecule has 6 N–H and O–H groups in total. The standard InChI is InChI=1S/C14H25N3O4S/c1-2-15-14-17-10-12(19)11(18)9(21-13(10)22-14)7-16-8-3-5-20-6-4-8/h8-13,16,18-19H,2-7H2,1H3,(H,15,17)/p+2/t9-,10-,11-,12-,13-/m1/s1. The molecule has 0 unspecified atom stereocenters. The first kappa shape index (κ1) is 16.6. The Morgan fingerprint density at radius 3 is 2.77 bits per heavy atom. The first-order valence-corrected chi connectivity index (χ1v) is 9.07. The van der Waals surface area contributed by atoms with Gasteiger partial charge in [-0.15, -0.1) is 0 Å². The number of nitrogens with two attached hydrogens (primary N) is 2. The van der Waals surface area contributed by atoms with Crippen molar-refractivity contribution in [2.75, 3.05) is 26.3 Å². The zero-order valence-corrected chi connectivity index (χ0v) is 13.7. The topological polar surface area (TPSA) is 105 Å². The van der Waals surface area contributed by atoms with Gasteiger partial charge in [0.15, 0.2) is 0 Å². The first-order chi connectivity index (χ1) is 10.7. The van der Waals surface area contributed by atoms with Gasteiger partial charge in [0.1, 0.15) is 36.3 Å². The lowest BCUT2D eigenvalue weighted by atomic mass is 9.97. The summed E-state index contributed by atoms with van der Waals surface area (Å²) in [6, 6.07) is 0.174. The number of fused-ring (bicyclic) bond motifs is 1. The van der Waals surface area contributed by atoms with Gasteiger partial charge < -0.3 is 25.0 Å². The Kier molecular flexibility index (Phi) is 5.72. The van der Waals surface area contributed by atoms with Gasteiger partial charge in [0, 0.05) is 12.8 Å². The normalized spacial score (nSPS) is 39.6. The molecule has 126 valence electrons. The quantitative estimate of drug-likeness (QED) is 0.446. The fourth-order valence-electron chi connectivity index (χ4n) is 3.20. The number of aliphatic imine (C=N–C) groups is 1. The summed E-state index contributed by atoms with van der Waals surface area (Å²) in [5, 5.41) is 25.8. The minimum Gasteiger partial charge on any atom is -0.388 e. The van der Waals surface area contributed by atoms with Gasteiger partial charge in [0.05, 0.1) is 25.8 Å². The van der Waals surface area contributed by atoms with Gasteiger partial charge in [0.2, 0.25) is 0 Å². The molecule has 3 aliphatic heterocycles. The highest BCUT2D eigenvalue weighted by atomic mass is 32.2. The molecule has 0 aliphatic carbocycles. The molecular weight excluding hydrogens is 306 g/mol. The third kappa shape index (κ3) is 3.64. The Bertz CT molecular complexity index is 406. The zero-order valence-electron chi connectivity index (χ0n) is 12.9. The predicted octanol–water partition coefficient (Wildman–Crippen LogP) is -2.77. The van der Waals surface area contributed by atoms with Crippen LogP contribution in [0.4, 0.5) is 0 Å². The van der Waals surface area contributed by atoms with Gasteiger partial charge in [-0.05, 0) is 18.7 Å². The molecule has 7 nitrogen and oxygen atoms in total. The van der Waals surface area contributed by atoms with Crippen LogP contribution in [0, 0.1) is 0 Å². The molecule has 0 bridgehead atoms. The summed E-state index contributed by atoms with van der Waals surface area (Å²) in [6.07, 6.45) is 0.00279. The van der Waals surface area contributed by atoms with E-state index in [0.717, 1.165) is 37.8 Å². The van der Waals surface area contributed by atoms with E-state index in [1.807, 2.05) is 5.32 Å². The van der Waals surface area contributed by atoms with E-state index in [1.54, 1.807) is 11.8 Å². The first-order valence-electron chi connectivity index (χ1n) is 8.19. The second kappa shape index (κ2) is 7.57. The van der Waals surface area contributed by atoms with Gasteiger partial charge in [-0.1, -0.05) is 0 Å². The van der Waals surface area contributed by atoms with Crippen molar-refractivity contribution in [3.05, 3.63) is 0 Å². The van der Waals surface area contributed by atoms with Crippen LogP contribution in [0.5, 0.6) is 0 Å². The van der Waals surface area contributed by atoms with E-state index in [9.17, 15) is 10.2 Å². The molecule has 0 aromatic rings. The molecule has 0 aromatic heterocycles. The number of ether oxygens (including phenoxy) is 2. The number of hydrogen-bond donors (Lipinski definition) is 4. The van der Waals surface area contributed by atoms with Crippen molar-refractivity contribution in [1.82, 2.24) is 0 Å². The maximum Gasteiger partial charge on any atom is 0.258 e. The smallest absolute Gasteiger partial charge is 0.258 e. The summed E-state index contributed by atoms with van der Waals surface area (Å²) in [6.45, 7) is 5.25. The van der Waals surface area contributed by atoms with Crippen LogP contribution in [0.3, 0.4) is 0 Å². The lowest BCUT2D eigenvalue weighted by molar-refractivity contribution is -0.700. The largest absolute Gasteiger partial charge is 0.388 e. The van der Waals surface area contributed by atoms with Crippen LogP contribution in [0.15, 0.2) is 4.99 Å². The number of thioether (sulfide) groups is 1. The Balaban J connectivity index is 1.54. The lowest BCUT2D eigenvalue weighted by Crippen LogP contribution is -2.93. The number of aliphatic hydroxyl groups excluding tert-OH is 2. The van der Waals surface area contributed by atoms with Crippen molar-refractivity contribution < 1.29 is 30.3 Å². The third-order valence-electron chi connectivity index (χ3n) is 4.53. The van der Waals surface area contributed by atoms with Crippen molar-refractivity contribution in [2.45, 2.75) is 55.6 Å². The SMILES string of the molecule is CC[NH2+]C1=N[C@@H]2[C@@H](O)[C@H](O)[C@@H](C[NH2+]C3CCOCC3)O[C@@H]2S1. The Hall–Kier alpha value is -0.220. The van der Waals surface area contributed by atoms with Crippen LogP contribution in [0.25, 0.3) is 0 Å². The Labute approximate surface area is 134 Å². The predicted molar refractivity (Wildman–Crippen MR) is 82.6 cm³/mol. The monoisotopic (exact) mass is 333 g/mol. The van der Waals surface area contributed by atoms with Crippen LogP contribution < -0.4 is 10.6 Å². The fraction of sp³-hybridized carbons (Fsp3) is 0.929. The molecule has 2 saturated heterocycles. The molecule has 3 heterocycles. The molecule has 0 radical (unpaired) electrons. The molecule has 3 aliphatic rings. The van der Waals surface area contributed by atoms with Crippen LogP contribution >= 0.6 is 11.8 Å². The summed E-state index contributed by atoms with van der Waals surface area (Å²) >= 11 is 1.56. The summed E-state index contributed by atoms with van der Waals surface area (Å²) in [5.74, 6) is 0. The zero-order chi connectivity index (χ0) is 15.5. The van der Waals surface area contributed by atoms with E-state index in [-0.39, 0.29) is 17.6 Å². The summed E-state index contributed by atoms with van der Waals surface area (Å²) in [4.78, 5) is 4.48. The molecule has 2 fully saturated rings. The van der Waals surface area contributed by atoms with Crippen LogP contribution in [-0.2, 0) is 9.47 Å². The average Bonchev–Trinajstić information content (AvgIpc) is 2.94. The lowest BCUT2D eigenvalue weighted by Gasteiger charge is -2.37. The number of amidine groups is 1. The Morgan fingerprint density at radius 1 is 1.27 bits per heavy atom. The highest BCUT2D eigenvalue weighted by molar-refractivity contribution is 8.14. The highest BCUT2D eigenvalue weighted by Gasteiger charge is 2.49. The molecule has 0 spiro atoms. The van der Waals surface area contributed by atoms with E-state index < -0.39 is 12.2 Å². The summed E-state index contributed by atoms with van der Waals surface area (Å²) in [7, 11) is 0. The van der Waals surface area contributed by atoms with Crippen molar-refractivity contribution >= 4 is 16.9 Å². The summed E-state index contributed by atoms with van der Waals surface area (Å²) < 4.78 is 11.4. The van der Waals surface area contributed by atoms with Gasteiger partial charge in [-0.25, -0.2) is 4.99 Å². The van der Waals surface area contributed by atoms with Crippen molar-refractivity contribution in [3.63, 3.8) is 0 Å². The minimum atomic E-state index is -0.873. The molecule has 0 amide bonds. The maximum atomic E-state index is 10.3. The molecule has 8 heteroatoms. The van der Waals surface area contributed by atoms with E-state index in [0.29, 0.717) is 12.6 Å². The number of nitrogens with zero attached hydrogens (tertiary/aromatic N) is 1. The van der Waals surface area contributed by atoms with Crippen molar-refractivity contribution in [3.8, 4) is 0 Å². The third-order valence-corrected chi connectivity index (χ3v) is 5.66. The molecule has 3 rings (SSSR count). The maximum absolute atomic E-state index is 10.3. The minimum absolute atomic E-state index is 0.177. The van der Waals surface area contributed by atoms with Crippen molar-refractivity contribution in [1.29, 1.82) is 0 Å². The molecular formula is C14H27N3O4S+2. The van der Waals surface area contributed by atoms with Gasteiger partial charge in [-0.3, -0.25) is 5.32 Å².